The Morgan fingerprint density at radius 1 is 1.19 bits per heavy atom. The van der Waals surface area contributed by atoms with Gasteiger partial charge in [-0.1, -0.05) is 12.1 Å². The average Bonchev–Trinajstić information content (AvgIpc) is 3.55. The van der Waals surface area contributed by atoms with Gasteiger partial charge in [-0.25, -0.2) is 9.97 Å². The highest BCUT2D eigenvalue weighted by Gasteiger charge is 2.40. The van der Waals surface area contributed by atoms with Crippen molar-refractivity contribution < 1.29 is 19.3 Å². The molecule has 3 fully saturated rings. The lowest BCUT2D eigenvalue weighted by Gasteiger charge is -2.33. The predicted molar refractivity (Wildman–Crippen MR) is 140 cm³/mol. The van der Waals surface area contributed by atoms with E-state index in [0.717, 1.165) is 74.9 Å². The van der Waals surface area contributed by atoms with Gasteiger partial charge in [-0.15, -0.1) is 0 Å². The molecule has 0 radical (unpaired) electrons. The largest absolute Gasteiger partial charge is 0.491 e. The number of aliphatic hydroxyl groups excluding tert-OH is 1. The van der Waals surface area contributed by atoms with Crippen LogP contribution in [0.4, 0.5) is 11.6 Å². The molecule has 2 atom stereocenters. The second kappa shape index (κ2) is 11.3. The number of rotatable bonds is 9. The van der Waals surface area contributed by atoms with E-state index in [1.54, 1.807) is 0 Å². The van der Waals surface area contributed by atoms with Gasteiger partial charge in [-0.2, -0.15) is 0 Å². The maximum absolute atomic E-state index is 10.0. The minimum atomic E-state index is -0.571. The second-order valence-corrected chi connectivity index (χ2v) is 10.4. The Balaban J connectivity index is 1.43. The van der Waals surface area contributed by atoms with Crippen molar-refractivity contribution in [3.8, 4) is 17.1 Å². The van der Waals surface area contributed by atoms with Gasteiger partial charge in [0.15, 0.2) is 5.82 Å². The lowest BCUT2D eigenvalue weighted by molar-refractivity contribution is 0.0254. The topological polar surface area (TPSA) is 101 Å². The van der Waals surface area contributed by atoms with Crippen LogP contribution in [0.1, 0.15) is 31.2 Å². The molecule has 3 N–H and O–H groups in total. The Kier molecular flexibility index (Phi) is 7.90. The van der Waals surface area contributed by atoms with E-state index in [2.05, 4.69) is 22.5 Å². The highest BCUT2D eigenvalue weighted by molar-refractivity contribution is 5.67. The van der Waals surface area contributed by atoms with Crippen molar-refractivity contribution in [1.29, 1.82) is 0 Å². The predicted octanol–water partition coefficient (Wildman–Crippen LogP) is 2.62. The molecule has 9 nitrogen and oxygen atoms in total. The molecule has 3 aliphatic heterocycles. The number of aromatic nitrogens is 2. The van der Waals surface area contributed by atoms with E-state index >= 15 is 0 Å². The molecule has 5 rings (SSSR count). The van der Waals surface area contributed by atoms with Crippen molar-refractivity contribution in [2.45, 2.75) is 44.8 Å². The van der Waals surface area contributed by atoms with Crippen LogP contribution in [0, 0.1) is 12.3 Å². The highest BCUT2D eigenvalue weighted by Crippen LogP contribution is 2.42. The summed E-state index contributed by atoms with van der Waals surface area (Å²) in [6, 6.07) is 8.06. The highest BCUT2D eigenvalue weighted by atomic mass is 16.5. The third kappa shape index (κ3) is 5.75. The van der Waals surface area contributed by atoms with E-state index in [-0.39, 0.29) is 12.6 Å². The third-order valence-corrected chi connectivity index (χ3v) is 7.66. The van der Waals surface area contributed by atoms with E-state index in [4.69, 9.17) is 24.2 Å². The van der Waals surface area contributed by atoms with Gasteiger partial charge >= 0.3 is 0 Å². The monoisotopic (exact) mass is 497 g/mol. The van der Waals surface area contributed by atoms with Crippen molar-refractivity contribution in [3.63, 3.8) is 0 Å². The SMILES string of the molecule is CNCC(O)COc1cccc(-c2nc(NC3CCOC3)c(C)c(N3CCC4(CCOCC4)C3)n2)c1. The zero-order valence-corrected chi connectivity index (χ0v) is 21.5. The van der Waals surface area contributed by atoms with Crippen molar-refractivity contribution in [2.24, 2.45) is 5.41 Å². The number of aliphatic hydroxyl groups is 1. The Morgan fingerprint density at radius 3 is 2.83 bits per heavy atom. The Bertz CT molecular complexity index is 1020. The Morgan fingerprint density at radius 2 is 2.06 bits per heavy atom. The normalized spacial score (nSPS) is 22.2. The number of hydrogen-bond donors (Lipinski definition) is 3. The number of likely N-dealkylation sites (N-methyl/N-ethyl adjacent to an activating group) is 1. The summed E-state index contributed by atoms with van der Waals surface area (Å²) < 4.78 is 17.1. The molecule has 4 heterocycles. The van der Waals surface area contributed by atoms with Gasteiger partial charge in [0.1, 0.15) is 30.1 Å². The first-order valence-corrected chi connectivity index (χ1v) is 13.2. The molecule has 0 aliphatic carbocycles. The fraction of sp³-hybridized carbons (Fsp3) is 0.630. The summed E-state index contributed by atoms with van der Waals surface area (Å²) in [6.45, 7) is 8.00. The van der Waals surface area contributed by atoms with Crippen molar-refractivity contribution in [2.75, 3.05) is 69.9 Å². The molecule has 0 bridgehead atoms. The fourth-order valence-corrected chi connectivity index (χ4v) is 5.46. The average molecular weight is 498 g/mol. The lowest BCUT2D eigenvalue weighted by Crippen LogP contribution is -2.33. The summed E-state index contributed by atoms with van der Waals surface area (Å²) in [6.07, 6.45) is 3.80. The standard InChI is InChI=1S/C27H39N5O4/c1-19-24(29-21-6-11-35-16-21)30-25(20-4-3-5-23(14-20)36-17-22(33)15-28-2)31-26(19)32-10-7-27(18-32)8-12-34-13-9-27/h3-5,14,21-22,28,33H,6-13,15-18H2,1-2H3,(H,29,30,31). The van der Waals surface area contributed by atoms with Crippen LogP contribution >= 0.6 is 0 Å². The smallest absolute Gasteiger partial charge is 0.164 e. The van der Waals surface area contributed by atoms with Crippen molar-refractivity contribution in [3.05, 3.63) is 29.8 Å². The first-order valence-electron chi connectivity index (χ1n) is 13.2. The van der Waals surface area contributed by atoms with Crippen LogP contribution in [0.3, 0.4) is 0 Å². The molecule has 1 aromatic heterocycles. The molecule has 1 spiro atoms. The van der Waals surface area contributed by atoms with E-state index in [0.29, 0.717) is 30.1 Å². The summed E-state index contributed by atoms with van der Waals surface area (Å²) >= 11 is 0. The molecular weight excluding hydrogens is 458 g/mol. The minimum Gasteiger partial charge on any atom is -0.491 e. The van der Waals surface area contributed by atoms with E-state index in [1.807, 2.05) is 31.3 Å². The number of nitrogens with one attached hydrogen (secondary N) is 2. The molecule has 3 aliphatic rings. The summed E-state index contributed by atoms with van der Waals surface area (Å²) in [7, 11) is 1.81. The zero-order valence-electron chi connectivity index (χ0n) is 21.5. The molecule has 2 aromatic rings. The number of anilines is 2. The molecule has 1 aromatic carbocycles. The number of hydrogen-bond acceptors (Lipinski definition) is 9. The molecule has 3 saturated heterocycles. The second-order valence-electron chi connectivity index (χ2n) is 10.4. The number of ether oxygens (including phenoxy) is 3. The number of nitrogens with zero attached hydrogens (tertiary/aromatic N) is 3. The van der Waals surface area contributed by atoms with Gasteiger partial charge in [-0.05, 0) is 57.2 Å². The zero-order chi connectivity index (χ0) is 25.0. The van der Waals surface area contributed by atoms with Gasteiger partial charge in [0.25, 0.3) is 0 Å². The maximum atomic E-state index is 10.0. The maximum Gasteiger partial charge on any atom is 0.164 e. The summed E-state index contributed by atoms with van der Waals surface area (Å²) in [4.78, 5) is 12.5. The molecule has 0 saturated carbocycles. The van der Waals surface area contributed by atoms with Gasteiger partial charge in [-0.3, -0.25) is 0 Å². The van der Waals surface area contributed by atoms with E-state index < -0.39 is 6.10 Å². The van der Waals surface area contributed by atoms with Crippen LogP contribution in [0.5, 0.6) is 5.75 Å². The molecule has 36 heavy (non-hydrogen) atoms. The van der Waals surface area contributed by atoms with E-state index in [1.165, 1.54) is 6.42 Å². The van der Waals surface area contributed by atoms with Gasteiger partial charge < -0.3 is 34.9 Å². The van der Waals surface area contributed by atoms with Crippen LogP contribution in [0.2, 0.25) is 0 Å². The molecule has 9 heteroatoms. The van der Waals surface area contributed by atoms with Crippen LogP contribution in [-0.2, 0) is 9.47 Å². The first-order chi connectivity index (χ1) is 17.5. The number of benzene rings is 1. The molecule has 0 amide bonds. The first kappa shape index (κ1) is 25.2. The summed E-state index contributed by atoms with van der Waals surface area (Å²) in [5.74, 6) is 3.23. The van der Waals surface area contributed by atoms with E-state index in [9.17, 15) is 5.11 Å². The molecular formula is C27H39N5O4. The molecule has 2 unspecified atom stereocenters. The van der Waals surface area contributed by atoms with Gasteiger partial charge in [0.05, 0.1) is 12.6 Å². The molecule has 196 valence electrons. The quantitative estimate of drug-likeness (QED) is 0.483. The summed E-state index contributed by atoms with van der Waals surface area (Å²) in [5.41, 5.74) is 2.30. The fourth-order valence-electron chi connectivity index (χ4n) is 5.46. The Labute approximate surface area is 213 Å². The van der Waals surface area contributed by atoms with Crippen LogP contribution in [0.15, 0.2) is 24.3 Å². The van der Waals surface area contributed by atoms with Gasteiger partial charge in [0, 0.05) is 50.6 Å². The summed E-state index contributed by atoms with van der Waals surface area (Å²) in [5, 5.41) is 16.6. The van der Waals surface area contributed by atoms with Crippen molar-refractivity contribution >= 4 is 11.6 Å². The third-order valence-electron chi connectivity index (χ3n) is 7.66. The van der Waals surface area contributed by atoms with Crippen LogP contribution in [-0.4, -0.2) is 86.9 Å². The van der Waals surface area contributed by atoms with Crippen LogP contribution < -0.4 is 20.3 Å². The minimum absolute atomic E-state index is 0.221. The van der Waals surface area contributed by atoms with Crippen LogP contribution in [0.25, 0.3) is 11.4 Å². The lowest BCUT2D eigenvalue weighted by atomic mass is 9.80. The Hall–Kier alpha value is -2.46. The van der Waals surface area contributed by atoms with Crippen molar-refractivity contribution in [1.82, 2.24) is 15.3 Å². The van der Waals surface area contributed by atoms with Gasteiger partial charge in [0.2, 0.25) is 0 Å².